The lowest BCUT2D eigenvalue weighted by Crippen LogP contribution is -2.66. The van der Waals surface area contributed by atoms with Crippen molar-refractivity contribution in [1.82, 2.24) is 4.90 Å². The molecule has 0 atom stereocenters. The van der Waals surface area contributed by atoms with E-state index in [-0.39, 0.29) is 23.4 Å². The van der Waals surface area contributed by atoms with Crippen molar-refractivity contribution in [1.29, 1.82) is 0 Å². The lowest BCUT2D eigenvalue weighted by molar-refractivity contribution is -0.137. The SMILES string of the molecule is CC(C)(C)[Si](OCCOCCOCCN1C(=O)C=CC1=O)(c1ccccc1)c1ccccc1. The third-order valence-corrected chi connectivity index (χ3v) is 10.7. The average molecular weight is 468 g/mol. The molecule has 6 nitrogen and oxygen atoms in total. The van der Waals surface area contributed by atoms with Gasteiger partial charge in [-0.2, -0.15) is 0 Å². The molecule has 0 aliphatic carbocycles. The van der Waals surface area contributed by atoms with Crippen LogP contribution >= 0.6 is 0 Å². The second kappa shape index (κ2) is 11.5. The van der Waals surface area contributed by atoms with Crippen molar-refractivity contribution in [3.8, 4) is 0 Å². The molecule has 0 spiro atoms. The molecule has 2 amide bonds. The van der Waals surface area contributed by atoms with E-state index in [1.165, 1.54) is 27.4 Å². The van der Waals surface area contributed by atoms with Gasteiger partial charge in [0.2, 0.25) is 0 Å². The Morgan fingerprint density at radius 1 is 0.697 bits per heavy atom. The highest BCUT2D eigenvalue weighted by atomic mass is 28.4. The van der Waals surface area contributed by atoms with E-state index in [2.05, 4.69) is 69.3 Å². The monoisotopic (exact) mass is 467 g/mol. The lowest BCUT2D eigenvalue weighted by atomic mass is 10.2. The summed E-state index contributed by atoms with van der Waals surface area (Å²) in [6, 6.07) is 21.0. The van der Waals surface area contributed by atoms with Gasteiger partial charge in [-0.3, -0.25) is 14.5 Å². The Labute approximate surface area is 197 Å². The van der Waals surface area contributed by atoms with Gasteiger partial charge in [0.05, 0.1) is 39.6 Å². The molecule has 1 aliphatic heterocycles. The molecule has 0 N–H and O–H groups in total. The highest BCUT2D eigenvalue weighted by Gasteiger charge is 2.49. The fraction of sp³-hybridized carbons (Fsp3) is 0.385. The van der Waals surface area contributed by atoms with Crippen LogP contribution in [0.4, 0.5) is 0 Å². The number of amides is 2. The largest absolute Gasteiger partial charge is 0.405 e. The summed E-state index contributed by atoms with van der Waals surface area (Å²) in [5.74, 6) is -0.583. The summed E-state index contributed by atoms with van der Waals surface area (Å²) >= 11 is 0. The summed E-state index contributed by atoms with van der Waals surface area (Å²) < 4.78 is 18.0. The maximum Gasteiger partial charge on any atom is 0.261 e. The molecule has 1 aliphatic rings. The summed E-state index contributed by atoms with van der Waals surface area (Å²) in [7, 11) is -2.55. The molecule has 7 heteroatoms. The molecule has 0 unspecified atom stereocenters. The summed E-state index contributed by atoms with van der Waals surface area (Å²) in [6.45, 7) is 9.05. The van der Waals surface area contributed by atoms with E-state index >= 15 is 0 Å². The summed E-state index contributed by atoms with van der Waals surface area (Å²) in [5, 5.41) is 2.41. The molecule has 3 rings (SSSR count). The average Bonchev–Trinajstić information content (AvgIpc) is 3.13. The number of hydrogen-bond donors (Lipinski definition) is 0. The van der Waals surface area contributed by atoms with Crippen molar-refractivity contribution < 1.29 is 23.5 Å². The highest BCUT2D eigenvalue weighted by Crippen LogP contribution is 2.36. The Morgan fingerprint density at radius 3 is 1.64 bits per heavy atom. The number of benzene rings is 2. The van der Waals surface area contributed by atoms with E-state index in [1.807, 2.05) is 12.1 Å². The molecular weight excluding hydrogens is 434 g/mol. The zero-order valence-electron chi connectivity index (χ0n) is 19.7. The van der Waals surface area contributed by atoms with Crippen LogP contribution in [0.15, 0.2) is 72.8 Å². The Bertz CT molecular complexity index is 883. The van der Waals surface area contributed by atoms with Crippen LogP contribution in [-0.2, 0) is 23.5 Å². The van der Waals surface area contributed by atoms with Crippen LogP contribution in [0, 0.1) is 0 Å². The van der Waals surface area contributed by atoms with Gasteiger partial charge < -0.3 is 13.9 Å². The molecule has 0 bridgehead atoms. The second-order valence-corrected chi connectivity index (χ2v) is 13.2. The molecule has 0 saturated heterocycles. The predicted octanol–water partition coefficient (Wildman–Crippen LogP) is 2.52. The first-order valence-corrected chi connectivity index (χ1v) is 13.2. The maximum absolute atomic E-state index is 11.5. The van der Waals surface area contributed by atoms with Crippen LogP contribution in [0.3, 0.4) is 0 Å². The maximum atomic E-state index is 11.5. The summed E-state index contributed by atoms with van der Waals surface area (Å²) in [4.78, 5) is 24.2. The standard InChI is InChI=1S/C26H33NO5Si/c1-26(2,3)33(22-10-6-4-7-11-22,23-12-8-5-9-13-23)32-21-20-31-19-18-30-17-16-27-24(28)14-15-25(27)29/h4-15H,16-21H2,1-3H3. The van der Waals surface area contributed by atoms with E-state index in [4.69, 9.17) is 13.9 Å². The van der Waals surface area contributed by atoms with Gasteiger partial charge in [0.25, 0.3) is 20.1 Å². The minimum atomic E-state index is -2.55. The van der Waals surface area contributed by atoms with Gasteiger partial charge in [-0.05, 0) is 15.4 Å². The van der Waals surface area contributed by atoms with Crippen molar-refractivity contribution in [2.24, 2.45) is 0 Å². The molecule has 0 radical (unpaired) electrons. The van der Waals surface area contributed by atoms with E-state index < -0.39 is 8.32 Å². The molecule has 0 fully saturated rings. The summed E-state index contributed by atoms with van der Waals surface area (Å²) in [5.41, 5.74) is 0. The topological polar surface area (TPSA) is 65.1 Å². The van der Waals surface area contributed by atoms with E-state index in [9.17, 15) is 9.59 Å². The number of carbonyl (C=O) groups is 2. The Hall–Kier alpha value is -2.58. The third kappa shape index (κ3) is 6.06. The second-order valence-electron chi connectivity index (χ2n) is 8.90. The van der Waals surface area contributed by atoms with Gasteiger partial charge in [0.15, 0.2) is 0 Å². The van der Waals surface area contributed by atoms with Gasteiger partial charge in [0, 0.05) is 12.2 Å². The molecule has 0 aromatic heterocycles. The zero-order valence-corrected chi connectivity index (χ0v) is 20.7. The number of ether oxygens (including phenoxy) is 2. The van der Waals surface area contributed by atoms with E-state index in [0.717, 1.165) is 0 Å². The van der Waals surface area contributed by atoms with Gasteiger partial charge in [-0.15, -0.1) is 0 Å². The molecule has 0 saturated carbocycles. The number of rotatable bonds is 12. The van der Waals surface area contributed by atoms with Gasteiger partial charge >= 0.3 is 0 Å². The molecule has 33 heavy (non-hydrogen) atoms. The first kappa shape index (κ1) is 25.0. The van der Waals surface area contributed by atoms with E-state index in [0.29, 0.717) is 33.0 Å². The van der Waals surface area contributed by atoms with Crippen LogP contribution in [0.2, 0.25) is 5.04 Å². The quantitative estimate of drug-likeness (QED) is 0.273. The lowest BCUT2D eigenvalue weighted by Gasteiger charge is -2.43. The molecular formula is C26H33NO5Si. The van der Waals surface area contributed by atoms with Crippen molar-refractivity contribution in [3.05, 3.63) is 72.8 Å². The van der Waals surface area contributed by atoms with Crippen molar-refractivity contribution in [3.63, 3.8) is 0 Å². The van der Waals surface area contributed by atoms with Crippen LogP contribution in [0.1, 0.15) is 20.8 Å². The normalized spacial score (nSPS) is 14.3. The van der Waals surface area contributed by atoms with Crippen molar-refractivity contribution in [2.75, 3.05) is 39.6 Å². The Kier molecular flexibility index (Phi) is 8.74. The number of hydrogen-bond acceptors (Lipinski definition) is 5. The fourth-order valence-electron chi connectivity index (χ4n) is 4.14. The van der Waals surface area contributed by atoms with Crippen molar-refractivity contribution in [2.45, 2.75) is 25.8 Å². The molecule has 2 aromatic rings. The van der Waals surface area contributed by atoms with Crippen LogP contribution in [-0.4, -0.2) is 64.6 Å². The van der Waals surface area contributed by atoms with Gasteiger partial charge in [-0.1, -0.05) is 81.4 Å². The van der Waals surface area contributed by atoms with Crippen LogP contribution < -0.4 is 10.4 Å². The third-order valence-electron chi connectivity index (χ3n) is 5.69. The molecule has 176 valence electrons. The van der Waals surface area contributed by atoms with E-state index in [1.54, 1.807) is 0 Å². The first-order chi connectivity index (χ1) is 15.9. The molecule has 2 aromatic carbocycles. The highest BCUT2D eigenvalue weighted by molar-refractivity contribution is 6.99. The van der Waals surface area contributed by atoms with Crippen LogP contribution in [0.25, 0.3) is 0 Å². The van der Waals surface area contributed by atoms with Crippen molar-refractivity contribution >= 4 is 30.5 Å². The summed E-state index contributed by atoms with van der Waals surface area (Å²) in [6.07, 6.45) is 2.55. The smallest absolute Gasteiger partial charge is 0.261 e. The van der Waals surface area contributed by atoms with Gasteiger partial charge in [-0.25, -0.2) is 0 Å². The number of carbonyl (C=O) groups excluding carboxylic acids is 2. The Balaban J connectivity index is 1.50. The van der Waals surface area contributed by atoms with Crippen LogP contribution in [0.5, 0.6) is 0 Å². The minimum Gasteiger partial charge on any atom is -0.405 e. The fourth-order valence-corrected chi connectivity index (χ4v) is 8.69. The van der Waals surface area contributed by atoms with Gasteiger partial charge in [0.1, 0.15) is 0 Å². The number of imide groups is 1. The minimum absolute atomic E-state index is 0.0713. The Morgan fingerprint density at radius 2 is 1.15 bits per heavy atom. The zero-order chi connectivity index (χ0) is 23.7. The number of nitrogens with zero attached hydrogens (tertiary/aromatic N) is 1. The first-order valence-electron chi connectivity index (χ1n) is 11.3. The molecule has 1 heterocycles. The predicted molar refractivity (Wildman–Crippen MR) is 131 cm³/mol.